The minimum atomic E-state index is -0.127. The van der Waals surface area contributed by atoms with Gasteiger partial charge in [0.2, 0.25) is 5.69 Å². The Bertz CT molecular complexity index is 1760. The molecule has 0 bridgehead atoms. The van der Waals surface area contributed by atoms with E-state index in [1.54, 1.807) is 0 Å². The third kappa shape index (κ3) is 2.74. The van der Waals surface area contributed by atoms with Gasteiger partial charge in [0.05, 0.1) is 18.0 Å². The van der Waals surface area contributed by atoms with Crippen molar-refractivity contribution in [2.45, 2.75) is 51.1 Å². The maximum absolute atomic E-state index is 2.71. The van der Waals surface area contributed by atoms with E-state index in [4.69, 9.17) is 0 Å². The van der Waals surface area contributed by atoms with Gasteiger partial charge in [-0.2, -0.15) is 4.57 Å². The first-order chi connectivity index (χ1) is 18.6. The van der Waals surface area contributed by atoms with Crippen LogP contribution in [0.1, 0.15) is 37.8 Å². The zero-order valence-corrected chi connectivity index (χ0v) is 22.8. The van der Waals surface area contributed by atoms with Crippen molar-refractivity contribution in [2.24, 2.45) is 7.05 Å². The SMILES string of the molecule is CCC12C=C(C[n+]3ccccc3-c3ccccc3C)C1(CC)n1c([n+](C)c3ccccc31)-c1ccccc12. The summed E-state index contributed by atoms with van der Waals surface area (Å²) >= 11 is 0. The molecule has 2 aliphatic rings. The fraction of sp³-hybridized carbons (Fsp3) is 0.257. The number of pyridine rings is 1. The van der Waals surface area contributed by atoms with Crippen LogP contribution in [0.2, 0.25) is 0 Å². The third-order valence-corrected chi connectivity index (χ3v) is 9.51. The van der Waals surface area contributed by atoms with Crippen molar-refractivity contribution in [1.29, 1.82) is 0 Å². The van der Waals surface area contributed by atoms with Gasteiger partial charge in [-0.25, -0.2) is 9.13 Å². The van der Waals surface area contributed by atoms with Gasteiger partial charge in [0.15, 0.2) is 29.3 Å². The lowest BCUT2D eigenvalue weighted by molar-refractivity contribution is -0.680. The van der Waals surface area contributed by atoms with E-state index in [0.717, 1.165) is 19.4 Å². The van der Waals surface area contributed by atoms with E-state index in [0.29, 0.717) is 0 Å². The molecule has 5 aromatic rings. The van der Waals surface area contributed by atoms with Crippen LogP contribution in [0.15, 0.2) is 109 Å². The molecule has 1 aliphatic heterocycles. The van der Waals surface area contributed by atoms with Crippen LogP contribution in [0.5, 0.6) is 0 Å². The molecule has 0 radical (unpaired) electrons. The number of rotatable bonds is 5. The Hall–Kier alpha value is -3.98. The molecule has 38 heavy (non-hydrogen) atoms. The number of imidazole rings is 1. The first-order valence-corrected chi connectivity index (χ1v) is 13.9. The second kappa shape index (κ2) is 8.26. The summed E-state index contributed by atoms with van der Waals surface area (Å²) in [6, 6.07) is 33.4. The predicted molar refractivity (Wildman–Crippen MR) is 154 cm³/mol. The zero-order valence-electron chi connectivity index (χ0n) is 22.8. The number of nitrogens with zero attached hydrogens (tertiary/aromatic N) is 3. The Kier molecular flexibility index (Phi) is 5.03. The number of aromatic nitrogens is 3. The summed E-state index contributed by atoms with van der Waals surface area (Å²) in [5, 5.41) is 0. The van der Waals surface area contributed by atoms with E-state index in [-0.39, 0.29) is 11.0 Å². The quantitative estimate of drug-likeness (QED) is 0.187. The number of allylic oxidation sites excluding steroid dienone is 2. The van der Waals surface area contributed by atoms with E-state index < -0.39 is 0 Å². The van der Waals surface area contributed by atoms with Crippen LogP contribution < -0.4 is 9.13 Å². The zero-order chi connectivity index (χ0) is 26.1. The highest BCUT2D eigenvalue weighted by Gasteiger charge is 2.68. The molecule has 3 nitrogen and oxygen atoms in total. The Labute approximate surface area is 225 Å². The number of para-hydroxylation sites is 2. The molecule has 188 valence electrons. The number of hydrogen-bond donors (Lipinski definition) is 0. The molecule has 0 amide bonds. The summed E-state index contributed by atoms with van der Waals surface area (Å²) in [7, 11) is 2.23. The molecule has 0 saturated carbocycles. The maximum atomic E-state index is 2.71. The van der Waals surface area contributed by atoms with Crippen LogP contribution in [0.25, 0.3) is 33.7 Å². The molecule has 0 saturated heterocycles. The summed E-state index contributed by atoms with van der Waals surface area (Å²) in [5.41, 5.74) is 10.7. The molecule has 0 fully saturated rings. The van der Waals surface area contributed by atoms with E-state index in [2.05, 4.69) is 145 Å². The van der Waals surface area contributed by atoms with Gasteiger partial charge in [-0.3, -0.25) is 0 Å². The topological polar surface area (TPSA) is 12.7 Å². The van der Waals surface area contributed by atoms with Crippen molar-refractivity contribution in [3.63, 3.8) is 0 Å². The molecule has 3 heterocycles. The molecular formula is C35H35N3+2. The standard InChI is InChI=1S/C35H35N3/c1-5-34-23-26(24-37-22-14-13-19-30(37)27-16-8-7-15-25(27)3)35(34,6-2)38-32-21-12-11-20-31(32)36(4)33(38)28-17-9-10-18-29(28)34/h7-23H,5-6,24H2,1-4H3/q+2. The van der Waals surface area contributed by atoms with Gasteiger partial charge in [0, 0.05) is 23.3 Å². The number of fused-ring (bicyclic) bond motifs is 8. The molecule has 1 aliphatic carbocycles. The molecule has 2 unspecified atom stereocenters. The van der Waals surface area contributed by atoms with Gasteiger partial charge in [-0.15, -0.1) is 0 Å². The number of aryl methyl sites for hydroxylation is 2. The van der Waals surface area contributed by atoms with Gasteiger partial charge in [-0.05, 0) is 61.2 Å². The van der Waals surface area contributed by atoms with E-state index in [1.165, 1.54) is 50.4 Å². The molecule has 3 aromatic carbocycles. The number of hydrogen-bond acceptors (Lipinski definition) is 0. The lowest BCUT2D eigenvalue weighted by Crippen LogP contribution is -2.64. The monoisotopic (exact) mass is 497 g/mol. The van der Waals surface area contributed by atoms with E-state index in [9.17, 15) is 0 Å². The lowest BCUT2D eigenvalue weighted by atomic mass is 9.48. The Morgan fingerprint density at radius 2 is 1.47 bits per heavy atom. The van der Waals surface area contributed by atoms with Crippen molar-refractivity contribution in [2.75, 3.05) is 0 Å². The van der Waals surface area contributed by atoms with Crippen LogP contribution in [0.3, 0.4) is 0 Å². The minimum Gasteiger partial charge on any atom is -0.226 e. The van der Waals surface area contributed by atoms with Crippen LogP contribution in [-0.4, -0.2) is 4.57 Å². The first kappa shape index (κ1) is 23.2. The number of benzene rings is 3. The summed E-state index contributed by atoms with van der Waals surface area (Å²) in [4.78, 5) is 0. The highest BCUT2D eigenvalue weighted by Crippen LogP contribution is 2.64. The third-order valence-electron chi connectivity index (χ3n) is 9.51. The smallest absolute Gasteiger partial charge is 0.226 e. The fourth-order valence-electron chi connectivity index (χ4n) is 7.82. The molecule has 0 spiro atoms. The van der Waals surface area contributed by atoms with Crippen molar-refractivity contribution in [3.8, 4) is 22.6 Å². The Balaban J connectivity index is 1.50. The van der Waals surface area contributed by atoms with E-state index in [1.807, 2.05) is 0 Å². The van der Waals surface area contributed by atoms with Crippen LogP contribution in [0.4, 0.5) is 0 Å². The normalized spacial score (nSPS) is 21.3. The second-order valence-electron chi connectivity index (χ2n) is 11.0. The summed E-state index contributed by atoms with van der Waals surface area (Å²) in [6.45, 7) is 7.85. The van der Waals surface area contributed by atoms with Gasteiger partial charge in [-0.1, -0.05) is 68.5 Å². The van der Waals surface area contributed by atoms with Crippen LogP contribution in [0, 0.1) is 6.92 Å². The van der Waals surface area contributed by atoms with Gasteiger partial charge in [0.1, 0.15) is 0 Å². The van der Waals surface area contributed by atoms with Crippen molar-refractivity contribution < 1.29 is 9.13 Å². The first-order valence-electron chi connectivity index (χ1n) is 13.9. The van der Waals surface area contributed by atoms with Gasteiger partial charge in [0.25, 0.3) is 5.82 Å². The molecule has 0 N–H and O–H groups in total. The average molecular weight is 498 g/mol. The van der Waals surface area contributed by atoms with Gasteiger partial charge < -0.3 is 0 Å². The lowest BCUT2D eigenvalue weighted by Gasteiger charge is -2.57. The molecule has 3 heteroatoms. The summed E-state index contributed by atoms with van der Waals surface area (Å²) in [5.74, 6) is 1.32. The van der Waals surface area contributed by atoms with Gasteiger partial charge >= 0.3 is 0 Å². The Morgan fingerprint density at radius 3 is 2.26 bits per heavy atom. The summed E-state index contributed by atoms with van der Waals surface area (Å²) < 4.78 is 7.58. The summed E-state index contributed by atoms with van der Waals surface area (Å²) in [6.07, 6.45) is 6.99. The average Bonchev–Trinajstić information content (AvgIpc) is 3.24. The Morgan fingerprint density at radius 1 is 0.763 bits per heavy atom. The van der Waals surface area contributed by atoms with E-state index >= 15 is 0 Å². The van der Waals surface area contributed by atoms with Crippen molar-refractivity contribution in [3.05, 3.63) is 120 Å². The largest absolute Gasteiger partial charge is 0.290 e. The molecule has 7 rings (SSSR count). The minimum absolute atomic E-state index is 0.0341. The highest BCUT2D eigenvalue weighted by atomic mass is 15.2. The van der Waals surface area contributed by atoms with Crippen molar-refractivity contribution in [1.82, 2.24) is 4.57 Å². The highest BCUT2D eigenvalue weighted by molar-refractivity contribution is 5.82. The molecule has 2 atom stereocenters. The second-order valence-corrected chi connectivity index (χ2v) is 11.0. The molecule has 2 aromatic heterocycles. The van der Waals surface area contributed by atoms with Crippen molar-refractivity contribution >= 4 is 11.0 Å². The maximum Gasteiger partial charge on any atom is 0.290 e. The van der Waals surface area contributed by atoms with Crippen LogP contribution in [-0.2, 0) is 24.5 Å². The van der Waals surface area contributed by atoms with Crippen LogP contribution >= 0.6 is 0 Å². The predicted octanol–water partition coefficient (Wildman–Crippen LogP) is 6.80. The fourth-order valence-corrected chi connectivity index (χ4v) is 7.82. The molecular weight excluding hydrogens is 462 g/mol.